The lowest BCUT2D eigenvalue weighted by molar-refractivity contribution is -0.123. The Balaban J connectivity index is 1.55. The molecule has 6 nitrogen and oxygen atoms in total. The van der Waals surface area contributed by atoms with E-state index in [1.165, 1.54) is 6.26 Å². The van der Waals surface area contributed by atoms with Gasteiger partial charge in [-0.15, -0.1) is 0 Å². The maximum absolute atomic E-state index is 12.7. The average molecular weight is 413 g/mol. The highest BCUT2D eigenvalue weighted by molar-refractivity contribution is 6.30. The first kappa shape index (κ1) is 20.5. The molecule has 0 saturated heterocycles. The fraction of sp³-hybridized carbons (Fsp3) is 0.182. The monoisotopic (exact) mass is 412 g/mol. The Hall–Kier alpha value is -3.25. The zero-order valence-corrected chi connectivity index (χ0v) is 16.4. The van der Waals surface area contributed by atoms with Crippen molar-refractivity contribution >= 4 is 23.4 Å². The van der Waals surface area contributed by atoms with Crippen LogP contribution in [-0.2, 0) is 11.2 Å². The Morgan fingerprint density at radius 3 is 2.45 bits per heavy atom. The van der Waals surface area contributed by atoms with Gasteiger partial charge in [-0.3, -0.25) is 9.59 Å². The number of carbonyl (C=O) groups excluding carboxylic acids is 2. The predicted molar refractivity (Wildman–Crippen MR) is 110 cm³/mol. The van der Waals surface area contributed by atoms with Crippen molar-refractivity contribution in [3.63, 3.8) is 0 Å². The van der Waals surface area contributed by atoms with Gasteiger partial charge in [0.15, 0.2) is 5.76 Å². The molecule has 0 radical (unpaired) electrons. The van der Waals surface area contributed by atoms with Gasteiger partial charge in [-0.2, -0.15) is 0 Å². The molecule has 0 aliphatic heterocycles. The molecule has 0 saturated carbocycles. The molecule has 150 valence electrons. The van der Waals surface area contributed by atoms with Crippen molar-refractivity contribution in [3.8, 4) is 5.75 Å². The van der Waals surface area contributed by atoms with Crippen LogP contribution < -0.4 is 15.4 Å². The molecule has 0 bridgehead atoms. The van der Waals surface area contributed by atoms with E-state index in [0.717, 1.165) is 5.56 Å². The molecule has 0 unspecified atom stereocenters. The summed E-state index contributed by atoms with van der Waals surface area (Å²) < 4.78 is 10.7. The van der Waals surface area contributed by atoms with E-state index in [1.807, 2.05) is 30.3 Å². The van der Waals surface area contributed by atoms with Gasteiger partial charge in [0, 0.05) is 11.4 Å². The molecule has 0 spiro atoms. The highest BCUT2D eigenvalue weighted by atomic mass is 35.5. The quantitative estimate of drug-likeness (QED) is 0.527. The summed E-state index contributed by atoms with van der Waals surface area (Å²) in [6.45, 7) is 0.584. The normalized spacial score (nSPS) is 11.5. The largest absolute Gasteiger partial charge is 0.492 e. The number of carbonyl (C=O) groups is 2. The van der Waals surface area contributed by atoms with Crippen molar-refractivity contribution in [2.75, 3.05) is 13.2 Å². The van der Waals surface area contributed by atoms with E-state index in [0.29, 0.717) is 23.7 Å². The van der Waals surface area contributed by atoms with Crippen LogP contribution in [0.2, 0.25) is 5.02 Å². The SMILES string of the molecule is O=C(N[C@@H](Cc1ccccc1)C(=O)NCCOc1ccc(Cl)cc1)c1ccco1. The van der Waals surface area contributed by atoms with Crippen molar-refractivity contribution in [3.05, 3.63) is 89.3 Å². The number of hydrogen-bond donors (Lipinski definition) is 2. The minimum absolute atomic E-state index is 0.155. The van der Waals surface area contributed by atoms with Crippen LogP contribution in [0.1, 0.15) is 16.1 Å². The summed E-state index contributed by atoms with van der Waals surface area (Å²) in [6, 6.07) is 18.9. The summed E-state index contributed by atoms with van der Waals surface area (Å²) >= 11 is 5.84. The number of hydrogen-bond acceptors (Lipinski definition) is 4. The third-order valence-electron chi connectivity index (χ3n) is 4.13. The van der Waals surface area contributed by atoms with E-state index in [9.17, 15) is 9.59 Å². The molecule has 2 N–H and O–H groups in total. The number of rotatable bonds is 9. The smallest absolute Gasteiger partial charge is 0.287 e. The van der Waals surface area contributed by atoms with Crippen LogP contribution in [0.25, 0.3) is 0 Å². The van der Waals surface area contributed by atoms with Crippen molar-refractivity contribution in [1.82, 2.24) is 10.6 Å². The van der Waals surface area contributed by atoms with E-state index in [2.05, 4.69) is 10.6 Å². The minimum atomic E-state index is -0.745. The number of ether oxygens (including phenoxy) is 1. The molecular formula is C22H21ClN2O4. The van der Waals surface area contributed by atoms with Gasteiger partial charge in [-0.05, 0) is 42.0 Å². The van der Waals surface area contributed by atoms with E-state index in [-0.39, 0.29) is 18.3 Å². The van der Waals surface area contributed by atoms with Crippen LogP contribution in [0.15, 0.2) is 77.4 Å². The Morgan fingerprint density at radius 2 is 1.76 bits per heavy atom. The Kier molecular flexibility index (Phi) is 7.30. The maximum Gasteiger partial charge on any atom is 0.287 e. The number of benzene rings is 2. The molecule has 1 atom stereocenters. The predicted octanol–water partition coefficient (Wildman–Crippen LogP) is 3.47. The molecule has 2 aromatic carbocycles. The summed E-state index contributed by atoms with van der Waals surface area (Å²) in [6.07, 6.45) is 1.77. The zero-order valence-electron chi connectivity index (χ0n) is 15.6. The van der Waals surface area contributed by atoms with Gasteiger partial charge in [0.05, 0.1) is 12.8 Å². The van der Waals surface area contributed by atoms with E-state index < -0.39 is 11.9 Å². The number of furan rings is 1. The Morgan fingerprint density at radius 1 is 1.00 bits per heavy atom. The molecule has 7 heteroatoms. The van der Waals surface area contributed by atoms with Crippen molar-refractivity contribution in [2.45, 2.75) is 12.5 Å². The van der Waals surface area contributed by atoms with Gasteiger partial charge in [0.25, 0.3) is 5.91 Å². The van der Waals surface area contributed by atoms with Gasteiger partial charge < -0.3 is 19.8 Å². The van der Waals surface area contributed by atoms with Gasteiger partial charge >= 0.3 is 0 Å². The first-order valence-corrected chi connectivity index (χ1v) is 9.54. The fourth-order valence-electron chi connectivity index (χ4n) is 2.69. The van der Waals surface area contributed by atoms with Crippen LogP contribution in [0.5, 0.6) is 5.75 Å². The number of halogens is 1. The molecule has 3 rings (SSSR count). The van der Waals surface area contributed by atoms with Crippen LogP contribution in [0, 0.1) is 0 Å². The molecule has 0 aliphatic carbocycles. The fourth-order valence-corrected chi connectivity index (χ4v) is 2.82. The second kappa shape index (κ2) is 10.3. The number of nitrogens with one attached hydrogen (secondary N) is 2. The summed E-state index contributed by atoms with van der Waals surface area (Å²) in [5, 5.41) is 6.16. The van der Waals surface area contributed by atoms with Gasteiger partial charge in [0.1, 0.15) is 18.4 Å². The van der Waals surface area contributed by atoms with Crippen molar-refractivity contribution in [1.29, 1.82) is 0 Å². The number of amides is 2. The molecule has 0 fully saturated rings. The molecular weight excluding hydrogens is 392 g/mol. The third kappa shape index (κ3) is 6.40. The van der Waals surface area contributed by atoms with E-state index in [4.69, 9.17) is 20.8 Å². The zero-order chi connectivity index (χ0) is 20.5. The third-order valence-corrected chi connectivity index (χ3v) is 4.39. The first-order valence-electron chi connectivity index (χ1n) is 9.16. The van der Waals surface area contributed by atoms with E-state index in [1.54, 1.807) is 36.4 Å². The molecule has 1 heterocycles. The summed E-state index contributed by atoms with van der Waals surface area (Å²) in [7, 11) is 0. The van der Waals surface area contributed by atoms with Gasteiger partial charge in [-0.1, -0.05) is 41.9 Å². The van der Waals surface area contributed by atoms with Crippen molar-refractivity contribution < 1.29 is 18.7 Å². The molecule has 29 heavy (non-hydrogen) atoms. The molecule has 2 amide bonds. The highest BCUT2D eigenvalue weighted by Gasteiger charge is 2.22. The standard InChI is InChI=1S/C22H21ClN2O4/c23-17-8-10-18(11-9-17)28-14-12-24-21(26)19(15-16-5-2-1-3-6-16)25-22(27)20-7-4-13-29-20/h1-11,13,19H,12,14-15H2,(H,24,26)(H,25,27)/t19-/m0/s1. The van der Waals surface area contributed by atoms with Crippen LogP contribution in [-0.4, -0.2) is 31.0 Å². The summed E-state index contributed by atoms with van der Waals surface area (Å²) in [5.74, 6) is 0.0782. The second-order valence-corrected chi connectivity index (χ2v) is 6.72. The topological polar surface area (TPSA) is 80.6 Å². The van der Waals surface area contributed by atoms with Gasteiger partial charge in [-0.25, -0.2) is 0 Å². The Bertz CT molecular complexity index is 912. The first-order chi connectivity index (χ1) is 14.1. The maximum atomic E-state index is 12.7. The molecule has 3 aromatic rings. The average Bonchev–Trinajstić information content (AvgIpc) is 3.28. The van der Waals surface area contributed by atoms with Gasteiger partial charge in [0.2, 0.25) is 5.91 Å². The Labute approximate surface area is 173 Å². The highest BCUT2D eigenvalue weighted by Crippen LogP contribution is 2.15. The van der Waals surface area contributed by atoms with Crippen molar-refractivity contribution in [2.24, 2.45) is 0 Å². The molecule has 1 aromatic heterocycles. The lowest BCUT2D eigenvalue weighted by Gasteiger charge is -2.18. The lowest BCUT2D eigenvalue weighted by Crippen LogP contribution is -2.48. The second-order valence-electron chi connectivity index (χ2n) is 6.29. The van der Waals surface area contributed by atoms with E-state index >= 15 is 0 Å². The minimum Gasteiger partial charge on any atom is -0.492 e. The van der Waals surface area contributed by atoms with Crippen LogP contribution in [0.4, 0.5) is 0 Å². The van der Waals surface area contributed by atoms with Crippen LogP contribution >= 0.6 is 11.6 Å². The van der Waals surface area contributed by atoms with Crippen LogP contribution in [0.3, 0.4) is 0 Å². The summed E-state index contributed by atoms with van der Waals surface area (Å²) in [5.41, 5.74) is 0.935. The summed E-state index contributed by atoms with van der Waals surface area (Å²) in [4.78, 5) is 25.0. The molecule has 0 aliphatic rings. The lowest BCUT2D eigenvalue weighted by atomic mass is 10.1.